The van der Waals surface area contributed by atoms with E-state index in [4.69, 9.17) is 16.6 Å². The molecule has 0 radical (unpaired) electrons. The predicted molar refractivity (Wildman–Crippen MR) is 92.4 cm³/mol. The van der Waals surface area contributed by atoms with Crippen molar-refractivity contribution < 1.29 is 19.8 Å². The number of rotatable bonds is 11. The first-order chi connectivity index (χ1) is 11.4. The predicted octanol–water partition coefficient (Wildman–Crippen LogP) is 1.09. The van der Waals surface area contributed by atoms with Crippen molar-refractivity contribution in [3.63, 3.8) is 0 Å². The van der Waals surface area contributed by atoms with Gasteiger partial charge in [-0.25, -0.2) is 0 Å². The quantitative estimate of drug-likeness (QED) is 0.448. The number of unbranched alkanes of at least 4 members (excludes halogenated alkanes) is 2. The zero-order valence-corrected chi connectivity index (χ0v) is 14.1. The molecule has 0 aliphatic heterocycles. The number of aliphatic carboxylic acids is 1. The van der Waals surface area contributed by atoms with Crippen LogP contribution in [-0.2, 0) is 16.0 Å². The zero-order chi connectivity index (χ0) is 18.1. The molecule has 1 rings (SSSR count). The Morgan fingerprint density at radius 2 is 1.75 bits per heavy atom. The fourth-order valence-electron chi connectivity index (χ4n) is 2.71. The van der Waals surface area contributed by atoms with E-state index in [1.807, 2.05) is 37.3 Å². The Hall–Kier alpha value is -1.76. The van der Waals surface area contributed by atoms with Gasteiger partial charge in [0.15, 0.2) is 5.78 Å². The van der Waals surface area contributed by atoms with Crippen LogP contribution in [0.1, 0.15) is 38.2 Å². The highest BCUT2D eigenvalue weighted by Gasteiger charge is 2.36. The molecule has 0 bridgehead atoms. The van der Waals surface area contributed by atoms with Gasteiger partial charge >= 0.3 is 5.97 Å². The minimum Gasteiger partial charge on any atom is -0.480 e. The molecule has 6 N–H and O–H groups in total. The Labute approximate surface area is 142 Å². The number of carbonyl (C=O) groups excluding carboxylic acids is 1. The molecule has 1 aromatic carbocycles. The minimum absolute atomic E-state index is 0.331. The van der Waals surface area contributed by atoms with Crippen LogP contribution in [-0.4, -0.2) is 40.2 Å². The maximum atomic E-state index is 12.5. The van der Waals surface area contributed by atoms with Gasteiger partial charge in [-0.05, 0) is 18.4 Å². The Balaban J connectivity index is 2.77. The summed E-state index contributed by atoms with van der Waals surface area (Å²) in [5.74, 6) is -2.75. The molecule has 0 aliphatic rings. The summed E-state index contributed by atoms with van der Waals surface area (Å²) in [5, 5.41) is 19.4. The molecular formula is C18H28N2O4. The maximum absolute atomic E-state index is 12.5. The number of hydrogen-bond acceptors (Lipinski definition) is 5. The Morgan fingerprint density at radius 1 is 1.12 bits per heavy atom. The van der Waals surface area contributed by atoms with E-state index in [1.54, 1.807) is 0 Å². The van der Waals surface area contributed by atoms with Crippen LogP contribution in [0.25, 0.3) is 0 Å². The number of nitrogens with two attached hydrogens (primary N) is 2. The summed E-state index contributed by atoms with van der Waals surface area (Å²) in [5.41, 5.74) is 12.5. The number of Topliss-reactive ketones (excluding diaryl/α,β-unsaturated/α-hetero) is 1. The summed E-state index contributed by atoms with van der Waals surface area (Å²) in [7, 11) is 0. The second kappa shape index (κ2) is 10.2. The zero-order valence-electron chi connectivity index (χ0n) is 14.1. The lowest BCUT2D eigenvalue weighted by molar-refractivity contribution is -0.145. The number of aliphatic hydroxyl groups excluding tert-OH is 1. The summed E-state index contributed by atoms with van der Waals surface area (Å²) >= 11 is 0. The molecule has 0 amide bonds. The monoisotopic (exact) mass is 336 g/mol. The first-order valence-corrected chi connectivity index (χ1v) is 8.38. The van der Waals surface area contributed by atoms with Crippen LogP contribution in [0, 0.1) is 5.92 Å². The standard InChI is InChI=1S/C18H28N2O4/c1-2-3-5-10-13(15(20)18(23)24)16(21)17(22)14(19)11-12-8-6-4-7-9-12/h4,6-9,13-15,17,22H,2-3,5,10-11,19-20H2,1H3,(H,23,24)/t13-,14?,15+,17?/m1/s1. The van der Waals surface area contributed by atoms with Crippen molar-refractivity contribution in [2.45, 2.75) is 57.2 Å². The number of aliphatic hydroxyl groups is 1. The molecular weight excluding hydrogens is 308 g/mol. The molecule has 4 atom stereocenters. The van der Waals surface area contributed by atoms with Gasteiger partial charge < -0.3 is 21.7 Å². The van der Waals surface area contributed by atoms with Crippen molar-refractivity contribution in [3.8, 4) is 0 Å². The smallest absolute Gasteiger partial charge is 0.321 e. The van der Waals surface area contributed by atoms with Gasteiger partial charge in [0.1, 0.15) is 12.1 Å². The van der Waals surface area contributed by atoms with Crippen LogP contribution in [0.3, 0.4) is 0 Å². The first-order valence-electron chi connectivity index (χ1n) is 8.38. The van der Waals surface area contributed by atoms with Gasteiger partial charge in [0.25, 0.3) is 0 Å². The molecule has 0 aliphatic carbocycles. The lowest BCUT2D eigenvalue weighted by Gasteiger charge is -2.25. The molecule has 0 aromatic heterocycles. The van der Waals surface area contributed by atoms with Crippen molar-refractivity contribution >= 4 is 11.8 Å². The van der Waals surface area contributed by atoms with E-state index in [9.17, 15) is 14.7 Å². The summed E-state index contributed by atoms with van der Waals surface area (Å²) in [6, 6.07) is 7.17. The Bertz CT molecular complexity index is 521. The SMILES string of the molecule is CCCCC[C@@H](C(=O)C(O)C(N)Cc1ccccc1)[C@H](N)C(=O)O. The molecule has 0 saturated carbocycles. The number of hydrogen-bond donors (Lipinski definition) is 4. The molecule has 134 valence electrons. The fraction of sp³-hybridized carbons (Fsp3) is 0.556. The third-order valence-electron chi connectivity index (χ3n) is 4.21. The second-order valence-electron chi connectivity index (χ2n) is 6.17. The van der Waals surface area contributed by atoms with Crippen molar-refractivity contribution in [2.24, 2.45) is 17.4 Å². The molecule has 0 saturated heterocycles. The van der Waals surface area contributed by atoms with Gasteiger partial charge in [-0.1, -0.05) is 56.5 Å². The van der Waals surface area contributed by atoms with E-state index >= 15 is 0 Å². The number of carbonyl (C=O) groups is 2. The average molecular weight is 336 g/mol. The van der Waals surface area contributed by atoms with E-state index in [-0.39, 0.29) is 0 Å². The first kappa shape index (κ1) is 20.3. The van der Waals surface area contributed by atoms with Crippen LogP contribution in [0.2, 0.25) is 0 Å². The molecule has 6 nitrogen and oxygen atoms in total. The van der Waals surface area contributed by atoms with E-state index < -0.39 is 35.9 Å². The highest BCUT2D eigenvalue weighted by molar-refractivity contribution is 5.91. The van der Waals surface area contributed by atoms with Gasteiger partial charge in [-0.15, -0.1) is 0 Å². The molecule has 24 heavy (non-hydrogen) atoms. The van der Waals surface area contributed by atoms with Crippen molar-refractivity contribution in [1.82, 2.24) is 0 Å². The van der Waals surface area contributed by atoms with Gasteiger partial charge in [0.05, 0.1) is 0 Å². The van der Waals surface area contributed by atoms with Gasteiger partial charge in [-0.3, -0.25) is 9.59 Å². The summed E-state index contributed by atoms with van der Waals surface area (Å²) in [4.78, 5) is 23.7. The second-order valence-corrected chi connectivity index (χ2v) is 6.17. The lowest BCUT2D eigenvalue weighted by atomic mass is 9.84. The summed E-state index contributed by atoms with van der Waals surface area (Å²) in [6.07, 6.45) is 1.76. The van der Waals surface area contributed by atoms with Crippen molar-refractivity contribution in [3.05, 3.63) is 35.9 Å². The van der Waals surface area contributed by atoms with Gasteiger partial charge in [-0.2, -0.15) is 0 Å². The van der Waals surface area contributed by atoms with E-state index in [1.165, 1.54) is 0 Å². The Morgan fingerprint density at radius 3 is 2.29 bits per heavy atom. The molecule has 0 heterocycles. The topological polar surface area (TPSA) is 127 Å². The highest BCUT2D eigenvalue weighted by atomic mass is 16.4. The highest BCUT2D eigenvalue weighted by Crippen LogP contribution is 2.18. The maximum Gasteiger partial charge on any atom is 0.321 e. The van der Waals surface area contributed by atoms with E-state index in [2.05, 4.69) is 0 Å². The number of carboxylic acids is 1. The van der Waals surface area contributed by atoms with Crippen LogP contribution < -0.4 is 11.5 Å². The molecule has 0 spiro atoms. The molecule has 2 unspecified atom stereocenters. The summed E-state index contributed by atoms with van der Waals surface area (Å²) in [6.45, 7) is 2.01. The van der Waals surface area contributed by atoms with Crippen LogP contribution in [0.15, 0.2) is 30.3 Å². The average Bonchev–Trinajstić information content (AvgIpc) is 2.57. The number of carboxylic acid groups (broad SMARTS) is 1. The fourth-order valence-corrected chi connectivity index (χ4v) is 2.71. The van der Waals surface area contributed by atoms with Crippen LogP contribution in [0.4, 0.5) is 0 Å². The lowest BCUT2D eigenvalue weighted by Crippen LogP contribution is -2.50. The third kappa shape index (κ3) is 6.03. The summed E-state index contributed by atoms with van der Waals surface area (Å²) < 4.78 is 0. The molecule has 0 fully saturated rings. The van der Waals surface area contributed by atoms with Crippen LogP contribution in [0.5, 0.6) is 0 Å². The normalized spacial score (nSPS) is 16.2. The molecule has 6 heteroatoms. The van der Waals surface area contributed by atoms with E-state index in [0.717, 1.165) is 18.4 Å². The molecule has 1 aromatic rings. The van der Waals surface area contributed by atoms with Gasteiger partial charge in [0.2, 0.25) is 0 Å². The largest absolute Gasteiger partial charge is 0.480 e. The number of benzene rings is 1. The van der Waals surface area contributed by atoms with Gasteiger partial charge in [0, 0.05) is 12.0 Å². The van der Waals surface area contributed by atoms with Crippen molar-refractivity contribution in [1.29, 1.82) is 0 Å². The minimum atomic E-state index is -1.43. The number of ketones is 1. The Kier molecular flexibility index (Phi) is 8.60. The third-order valence-corrected chi connectivity index (χ3v) is 4.21. The van der Waals surface area contributed by atoms with Crippen molar-refractivity contribution in [2.75, 3.05) is 0 Å². The van der Waals surface area contributed by atoms with Crippen LogP contribution >= 0.6 is 0 Å². The van der Waals surface area contributed by atoms with E-state index in [0.29, 0.717) is 19.3 Å².